The van der Waals surface area contributed by atoms with E-state index in [-0.39, 0.29) is 22.0 Å². The summed E-state index contributed by atoms with van der Waals surface area (Å²) in [6.07, 6.45) is 0. The standard InChI is InChI=1S/C14H20ClN3O2/c1-14(2)10-17(7-6-16(14)3)12-5-4-11(9-15)8-13(12)18(19)20/h4-5,8H,6-7,9-10H2,1-3H3. The van der Waals surface area contributed by atoms with E-state index >= 15 is 0 Å². The first-order valence-corrected chi connectivity index (χ1v) is 7.18. The van der Waals surface area contributed by atoms with Crippen LogP contribution in [-0.4, -0.2) is 42.0 Å². The summed E-state index contributed by atoms with van der Waals surface area (Å²) >= 11 is 5.76. The minimum atomic E-state index is -0.323. The van der Waals surface area contributed by atoms with Crippen LogP contribution in [0.5, 0.6) is 0 Å². The predicted molar refractivity (Wildman–Crippen MR) is 81.6 cm³/mol. The molecule has 1 saturated heterocycles. The molecule has 0 aliphatic carbocycles. The second-order valence-electron chi connectivity index (χ2n) is 5.87. The summed E-state index contributed by atoms with van der Waals surface area (Å²) in [4.78, 5) is 15.3. The zero-order chi connectivity index (χ0) is 14.9. The quantitative estimate of drug-likeness (QED) is 0.489. The number of hydrogen-bond acceptors (Lipinski definition) is 4. The van der Waals surface area contributed by atoms with Crippen molar-refractivity contribution in [3.05, 3.63) is 33.9 Å². The minimum Gasteiger partial charge on any atom is -0.363 e. The van der Waals surface area contributed by atoms with Crippen LogP contribution in [0.15, 0.2) is 18.2 Å². The normalized spacial score (nSPS) is 19.1. The Morgan fingerprint density at radius 1 is 1.40 bits per heavy atom. The number of hydrogen-bond donors (Lipinski definition) is 0. The number of alkyl halides is 1. The molecule has 0 amide bonds. The Balaban J connectivity index is 2.35. The average Bonchev–Trinajstić information content (AvgIpc) is 2.41. The number of nitrogens with zero attached hydrogens (tertiary/aromatic N) is 3. The fourth-order valence-electron chi connectivity index (χ4n) is 2.51. The van der Waals surface area contributed by atoms with E-state index in [1.807, 2.05) is 12.1 Å². The lowest BCUT2D eigenvalue weighted by atomic mass is 9.99. The molecule has 1 aromatic rings. The van der Waals surface area contributed by atoms with Gasteiger partial charge in [0.05, 0.1) is 4.92 Å². The number of piperazine rings is 1. The number of benzene rings is 1. The first kappa shape index (κ1) is 15.1. The lowest BCUT2D eigenvalue weighted by Gasteiger charge is -2.46. The van der Waals surface area contributed by atoms with E-state index in [1.165, 1.54) is 0 Å². The van der Waals surface area contributed by atoms with E-state index in [1.54, 1.807) is 6.07 Å². The maximum Gasteiger partial charge on any atom is 0.292 e. The van der Waals surface area contributed by atoms with Crippen LogP contribution in [0.4, 0.5) is 11.4 Å². The Morgan fingerprint density at radius 3 is 2.65 bits per heavy atom. The topological polar surface area (TPSA) is 49.6 Å². The highest BCUT2D eigenvalue weighted by molar-refractivity contribution is 6.17. The van der Waals surface area contributed by atoms with Gasteiger partial charge in [-0.05, 0) is 32.5 Å². The Kier molecular flexibility index (Phi) is 4.20. The van der Waals surface area contributed by atoms with Crippen LogP contribution in [0.2, 0.25) is 0 Å². The molecule has 0 aromatic heterocycles. The van der Waals surface area contributed by atoms with Crippen LogP contribution < -0.4 is 4.90 Å². The highest BCUT2D eigenvalue weighted by Crippen LogP contribution is 2.33. The molecule has 0 unspecified atom stereocenters. The number of halogens is 1. The monoisotopic (exact) mass is 297 g/mol. The largest absolute Gasteiger partial charge is 0.363 e. The molecule has 6 heteroatoms. The molecule has 1 fully saturated rings. The number of nitro groups is 1. The van der Waals surface area contributed by atoms with Crippen molar-refractivity contribution in [2.45, 2.75) is 25.3 Å². The SMILES string of the molecule is CN1CCN(c2ccc(CCl)cc2[N+](=O)[O-])CC1(C)C. The second kappa shape index (κ2) is 5.58. The van der Waals surface area contributed by atoms with Crippen molar-refractivity contribution in [2.24, 2.45) is 0 Å². The third-order valence-corrected chi connectivity index (χ3v) is 4.36. The molecule has 0 atom stereocenters. The Hall–Kier alpha value is -1.33. The molecule has 1 aliphatic heterocycles. The molecule has 0 N–H and O–H groups in total. The van der Waals surface area contributed by atoms with E-state index in [9.17, 15) is 10.1 Å². The highest BCUT2D eigenvalue weighted by Gasteiger charge is 2.33. The number of rotatable bonds is 3. The van der Waals surface area contributed by atoms with Gasteiger partial charge in [-0.2, -0.15) is 0 Å². The molecule has 20 heavy (non-hydrogen) atoms. The van der Waals surface area contributed by atoms with Crippen molar-refractivity contribution in [1.82, 2.24) is 4.90 Å². The third-order valence-electron chi connectivity index (χ3n) is 4.05. The summed E-state index contributed by atoms with van der Waals surface area (Å²) in [5, 5.41) is 11.3. The summed E-state index contributed by atoms with van der Waals surface area (Å²) in [6.45, 7) is 6.75. The van der Waals surface area contributed by atoms with Gasteiger partial charge in [-0.1, -0.05) is 6.07 Å². The maximum absolute atomic E-state index is 11.3. The van der Waals surface area contributed by atoms with E-state index in [2.05, 4.69) is 30.7 Å². The first-order chi connectivity index (χ1) is 9.35. The second-order valence-corrected chi connectivity index (χ2v) is 6.14. The van der Waals surface area contributed by atoms with E-state index in [4.69, 9.17) is 11.6 Å². The summed E-state index contributed by atoms with van der Waals surface area (Å²) < 4.78 is 0. The summed E-state index contributed by atoms with van der Waals surface area (Å²) in [5.74, 6) is 0.287. The van der Waals surface area contributed by atoms with Crippen molar-refractivity contribution in [2.75, 3.05) is 31.6 Å². The van der Waals surface area contributed by atoms with Crippen LogP contribution in [0.3, 0.4) is 0 Å². The van der Waals surface area contributed by atoms with Gasteiger partial charge in [0, 0.05) is 37.1 Å². The summed E-state index contributed by atoms with van der Waals surface area (Å²) in [7, 11) is 2.09. The lowest BCUT2D eigenvalue weighted by Crippen LogP contribution is -2.57. The van der Waals surface area contributed by atoms with Crippen molar-refractivity contribution in [3.8, 4) is 0 Å². The van der Waals surface area contributed by atoms with Gasteiger partial charge in [-0.15, -0.1) is 11.6 Å². The Labute approximate surface area is 124 Å². The van der Waals surface area contributed by atoms with Gasteiger partial charge in [-0.25, -0.2) is 0 Å². The van der Waals surface area contributed by atoms with Crippen LogP contribution in [0.25, 0.3) is 0 Å². The molecular weight excluding hydrogens is 278 g/mol. The zero-order valence-corrected chi connectivity index (χ0v) is 12.9. The average molecular weight is 298 g/mol. The molecule has 0 saturated carbocycles. The summed E-state index contributed by atoms with van der Waals surface area (Å²) in [6, 6.07) is 5.26. The van der Waals surface area contributed by atoms with Gasteiger partial charge in [0.25, 0.3) is 5.69 Å². The van der Waals surface area contributed by atoms with Crippen LogP contribution in [0.1, 0.15) is 19.4 Å². The molecule has 5 nitrogen and oxygen atoms in total. The van der Waals surface area contributed by atoms with Gasteiger partial charge in [-0.3, -0.25) is 15.0 Å². The molecule has 0 radical (unpaired) electrons. The van der Waals surface area contributed by atoms with Gasteiger partial charge < -0.3 is 4.90 Å². The minimum absolute atomic E-state index is 0.00270. The van der Waals surface area contributed by atoms with Crippen LogP contribution in [0, 0.1) is 10.1 Å². The summed E-state index contributed by atoms with van der Waals surface area (Å²) in [5.41, 5.74) is 1.60. The molecular formula is C14H20ClN3O2. The van der Waals surface area contributed by atoms with Gasteiger partial charge in [0.15, 0.2) is 0 Å². The van der Waals surface area contributed by atoms with Gasteiger partial charge >= 0.3 is 0 Å². The van der Waals surface area contributed by atoms with Gasteiger partial charge in [0.2, 0.25) is 0 Å². The highest BCUT2D eigenvalue weighted by atomic mass is 35.5. The predicted octanol–water partition coefficient (Wildman–Crippen LogP) is 2.86. The molecule has 1 aromatic carbocycles. The van der Waals surface area contributed by atoms with Crippen molar-refractivity contribution >= 4 is 23.0 Å². The van der Waals surface area contributed by atoms with E-state index < -0.39 is 0 Å². The smallest absolute Gasteiger partial charge is 0.292 e. The number of nitro benzene ring substituents is 1. The Bertz CT molecular complexity index is 519. The van der Waals surface area contributed by atoms with Crippen molar-refractivity contribution in [3.63, 3.8) is 0 Å². The molecule has 2 rings (SSSR count). The fourth-order valence-corrected chi connectivity index (χ4v) is 2.68. The van der Waals surface area contributed by atoms with Gasteiger partial charge in [0.1, 0.15) is 5.69 Å². The van der Waals surface area contributed by atoms with Crippen molar-refractivity contribution in [1.29, 1.82) is 0 Å². The third kappa shape index (κ3) is 2.88. The number of anilines is 1. The molecule has 0 spiro atoms. The number of likely N-dealkylation sites (N-methyl/N-ethyl adjacent to an activating group) is 1. The molecule has 1 heterocycles. The fraction of sp³-hybridized carbons (Fsp3) is 0.571. The molecule has 0 bridgehead atoms. The maximum atomic E-state index is 11.3. The first-order valence-electron chi connectivity index (χ1n) is 6.64. The molecule has 1 aliphatic rings. The van der Waals surface area contributed by atoms with E-state index in [0.717, 1.165) is 25.2 Å². The zero-order valence-electron chi connectivity index (χ0n) is 12.1. The lowest BCUT2D eigenvalue weighted by molar-refractivity contribution is -0.384. The Morgan fingerprint density at radius 2 is 2.10 bits per heavy atom. The van der Waals surface area contributed by atoms with Crippen molar-refractivity contribution < 1.29 is 4.92 Å². The molecule has 110 valence electrons. The van der Waals surface area contributed by atoms with Crippen LogP contribution in [-0.2, 0) is 5.88 Å². The van der Waals surface area contributed by atoms with Crippen LogP contribution >= 0.6 is 11.6 Å². The van der Waals surface area contributed by atoms with E-state index in [0.29, 0.717) is 5.69 Å².